The van der Waals surface area contributed by atoms with Crippen molar-refractivity contribution in [2.24, 2.45) is 0 Å². The molecule has 0 spiro atoms. The molecule has 9 atom stereocenters. The molecular weight excluding hydrogens is 336 g/mol. The summed E-state index contributed by atoms with van der Waals surface area (Å²) < 4.78 is 10.1. The number of hydrogen-bond donors (Lipinski definition) is 8. The number of aliphatic hydroxyl groups excluding tert-OH is 8. The Morgan fingerprint density at radius 3 is 2.08 bits per heavy atom. The van der Waals surface area contributed by atoms with Gasteiger partial charge in [0.2, 0.25) is 0 Å². The molecule has 1 aliphatic heterocycles. The van der Waals surface area contributed by atoms with E-state index in [0.717, 1.165) is 0 Å². The van der Waals surface area contributed by atoms with Crippen LogP contribution in [0.5, 0.6) is 0 Å². The molecule has 1 fully saturated rings. The lowest BCUT2D eigenvalue weighted by atomic mass is 9.98. The van der Waals surface area contributed by atoms with E-state index in [-0.39, 0.29) is 11.8 Å². The fourth-order valence-electron chi connectivity index (χ4n) is 2.11. The number of aldehydes is 1. The van der Waals surface area contributed by atoms with Gasteiger partial charge in [-0.25, -0.2) is 0 Å². The van der Waals surface area contributed by atoms with Gasteiger partial charge in [-0.1, -0.05) is 0 Å². The fraction of sp³-hybridized carbons (Fsp3) is 0.917. The maximum absolute atomic E-state index is 10.5. The zero-order chi connectivity index (χ0) is 17.7. The first-order chi connectivity index (χ1) is 10.8. The molecule has 24 heavy (non-hydrogen) atoms. The van der Waals surface area contributed by atoms with Gasteiger partial charge < -0.3 is 60.6 Å². The topological polar surface area (TPSA) is 229 Å². The Hall–Kier alpha value is -0.770. The average molecular weight is 360 g/mol. The van der Waals surface area contributed by atoms with Crippen molar-refractivity contribution in [2.45, 2.75) is 55.1 Å². The molecule has 0 amide bonds. The molecule has 144 valence electrons. The maximum Gasteiger partial charge on any atom is 0.187 e. The Morgan fingerprint density at radius 1 is 1.04 bits per heavy atom. The molecule has 0 saturated carbocycles. The molecular formula is C12H24O12. The van der Waals surface area contributed by atoms with Crippen LogP contribution < -0.4 is 0 Å². The third kappa shape index (κ3) is 5.11. The Bertz CT molecular complexity index is 366. The maximum atomic E-state index is 10.5. The molecule has 1 saturated heterocycles. The van der Waals surface area contributed by atoms with Crippen LogP contribution >= 0.6 is 0 Å². The summed E-state index contributed by atoms with van der Waals surface area (Å²) in [4.78, 5) is 10.5. The molecule has 1 aliphatic rings. The highest BCUT2D eigenvalue weighted by Gasteiger charge is 2.46. The standard InChI is InChI=1S/C12H22O11.H2O/c13-1-4(16)7(18)11(5(17)2-14)23-12-10(21)9(20)8(19)6(3-15)22-12;/h1,4-12,14-21H,2-3H2;1H2/t4-,5+,6+,7+,8-,9+,10+,11+,12-;/m0./s1. The van der Waals surface area contributed by atoms with Crippen molar-refractivity contribution in [2.75, 3.05) is 13.2 Å². The minimum Gasteiger partial charge on any atom is -0.412 e. The van der Waals surface area contributed by atoms with Crippen molar-refractivity contribution in [3.8, 4) is 0 Å². The first kappa shape index (κ1) is 23.2. The van der Waals surface area contributed by atoms with Gasteiger partial charge in [0.25, 0.3) is 0 Å². The van der Waals surface area contributed by atoms with E-state index in [0.29, 0.717) is 0 Å². The SMILES string of the molecule is O.O=C[C@H](O)[C@@H](O)[C@H](O[C@@H]1O[C@H](CO)[C@H](O)[C@@H](O)[C@H]1O)[C@H](O)CO. The second-order valence-electron chi connectivity index (χ2n) is 5.17. The highest BCUT2D eigenvalue weighted by atomic mass is 16.7. The summed E-state index contributed by atoms with van der Waals surface area (Å²) in [7, 11) is 0. The van der Waals surface area contributed by atoms with Gasteiger partial charge in [0.05, 0.1) is 13.2 Å². The van der Waals surface area contributed by atoms with E-state index in [4.69, 9.17) is 19.7 Å². The van der Waals surface area contributed by atoms with Gasteiger partial charge in [0.1, 0.15) is 48.8 Å². The lowest BCUT2D eigenvalue weighted by Gasteiger charge is -2.42. The first-order valence-corrected chi connectivity index (χ1v) is 6.84. The quantitative estimate of drug-likeness (QED) is 0.190. The van der Waals surface area contributed by atoms with Gasteiger partial charge in [-0.2, -0.15) is 0 Å². The van der Waals surface area contributed by atoms with Gasteiger partial charge in [-0.3, -0.25) is 0 Å². The lowest BCUT2D eigenvalue weighted by molar-refractivity contribution is -0.326. The number of carbonyl (C=O) groups excluding carboxylic acids is 1. The Labute approximate surface area is 136 Å². The Balaban J connectivity index is 0.00000529. The number of rotatable bonds is 8. The van der Waals surface area contributed by atoms with Crippen molar-refractivity contribution in [1.29, 1.82) is 0 Å². The lowest BCUT2D eigenvalue weighted by Crippen LogP contribution is -2.61. The van der Waals surface area contributed by atoms with Crippen LogP contribution in [-0.2, 0) is 14.3 Å². The Morgan fingerprint density at radius 2 is 1.62 bits per heavy atom. The second-order valence-corrected chi connectivity index (χ2v) is 5.17. The van der Waals surface area contributed by atoms with E-state index >= 15 is 0 Å². The van der Waals surface area contributed by atoms with Crippen LogP contribution in [0.1, 0.15) is 0 Å². The molecule has 0 aromatic carbocycles. The third-order valence-corrected chi connectivity index (χ3v) is 3.53. The molecule has 1 heterocycles. The van der Waals surface area contributed by atoms with Crippen LogP contribution in [0.2, 0.25) is 0 Å². The predicted molar refractivity (Wildman–Crippen MR) is 73.4 cm³/mol. The summed E-state index contributed by atoms with van der Waals surface area (Å²) in [6, 6.07) is 0. The normalized spacial score (nSPS) is 35.4. The van der Waals surface area contributed by atoms with Crippen LogP contribution in [0.15, 0.2) is 0 Å². The number of ether oxygens (including phenoxy) is 2. The third-order valence-electron chi connectivity index (χ3n) is 3.53. The summed E-state index contributed by atoms with van der Waals surface area (Å²) in [6.07, 6.45) is -15.7. The highest BCUT2D eigenvalue weighted by molar-refractivity contribution is 5.56. The monoisotopic (exact) mass is 360 g/mol. The van der Waals surface area contributed by atoms with Crippen LogP contribution in [-0.4, -0.2) is 121 Å². The van der Waals surface area contributed by atoms with E-state index in [1.807, 2.05) is 0 Å². The largest absolute Gasteiger partial charge is 0.412 e. The zero-order valence-electron chi connectivity index (χ0n) is 12.5. The summed E-state index contributed by atoms with van der Waals surface area (Å²) in [6.45, 7) is -1.64. The zero-order valence-corrected chi connectivity index (χ0v) is 12.5. The van der Waals surface area contributed by atoms with E-state index in [1.165, 1.54) is 0 Å². The number of hydrogen-bond acceptors (Lipinski definition) is 11. The minimum absolute atomic E-state index is 0. The summed E-state index contributed by atoms with van der Waals surface area (Å²) in [5, 5.41) is 75.7. The fourth-order valence-corrected chi connectivity index (χ4v) is 2.11. The number of carbonyl (C=O) groups is 1. The van der Waals surface area contributed by atoms with Crippen LogP contribution in [0.4, 0.5) is 0 Å². The van der Waals surface area contributed by atoms with Gasteiger partial charge >= 0.3 is 0 Å². The van der Waals surface area contributed by atoms with E-state index in [2.05, 4.69) is 0 Å². The second kappa shape index (κ2) is 10.3. The van der Waals surface area contributed by atoms with Crippen molar-refractivity contribution >= 4 is 6.29 Å². The predicted octanol–water partition coefficient (Wildman–Crippen LogP) is -6.38. The Kier molecular flexibility index (Phi) is 9.94. The molecule has 1 rings (SSSR count). The van der Waals surface area contributed by atoms with Crippen LogP contribution in [0.3, 0.4) is 0 Å². The summed E-state index contributed by atoms with van der Waals surface area (Å²) >= 11 is 0. The van der Waals surface area contributed by atoms with E-state index < -0.39 is 68.3 Å². The molecule has 0 radical (unpaired) electrons. The van der Waals surface area contributed by atoms with Gasteiger partial charge in [-0.15, -0.1) is 0 Å². The summed E-state index contributed by atoms with van der Waals surface area (Å²) in [5.74, 6) is 0. The molecule has 10 N–H and O–H groups in total. The van der Waals surface area contributed by atoms with Crippen molar-refractivity contribution < 1.29 is 60.6 Å². The molecule has 0 aromatic rings. The molecule has 12 heteroatoms. The van der Waals surface area contributed by atoms with E-state index in [1.54, 1.807) is 0 Å². The minimum atomic E-state index is -1.97. The molecule has 0 bridgehead atoms. The van der Waals surface area contributed by atoms with Crippen LogP contribution in [0, 0.1) is 0 Å². The van der Waals surface area contributed by atoms with Gasteiger partial charge in [0.15, 0.2) is 12.6 Å². The van der Waals surface area contributed by atoms with E-state index in [9.17, 15) is 35.4 Å². The van der Waals surface area contributed by atoms with Gasteiger partial charge in [0, 0.05) is 0 Å². The van der Waals surface area contributed by atoms with Crippen molar-refractivity contribution in [1.82, 2.24) is 0 Å². The van der Waals surface area contributed by atoms with Crippen LogP contribution in [0.25, 0.3) is 0 Å². The van der Waals surface area contributed by atoms with Gasteiger partial charge in [-0.05, 0) is 0 Å². The molecule has 12 nitrogen and oxygen atoms in total. The average Bonchev–Trinajstić information content (AvgIpc) is 2.57. The van der Waals surface area contributed by atoms with Crippen molar-refractivity contribution in [3.63, 3.8) is 0 Å². The first-order valence-electron chi connectivity index (χ1n) is 6.84. The number of aliphatic hydroxyl groups is 8. The molecule has 0 aromatic heterocycles. The highest BCUT2D eigenvalue weighted by Crippen LogP contribution is 2.24. The summed E-state index contributed by atoms with van der Waals surface area (Å²) in [5.41, 5.74) is 0. The molecule has 0 unspecified atom stereocenters. The smallest absolute Gasteiger partial charge is 0.187 e. The van der Waals surface area contributed by atoms with Crippen molar-refractivity contribution in [3.05, 3.63) is 0 Å². The molecule has 0 aliphatic carbocycles.